The Labute approximate surface area is 170 Å². The number of carbonyl (C=O) groups excluding carboxylic acids is 1. The first kappa shape index (κ1) is 18.7. The number of nitrogens with zero attached hydrogens (tertiary/aromatic N) is 4. The van der Waals surface area contributed by atoms with Gasteiger partial charge in [0.2, 0.25) is 0 Å². The van der Waals surface area contributed by atoms with Crippen LogP contribution in [0.5, 0.6) is 0 Å². The van der Waals surface area contributed by atoms with Gasteiger partial charge in [-0.25, -0.2) is 4.68 Å². The van der Waals surface area contributed by atoms with Gasteiger partial charge in [0.25, 0.3) is 5.91 Å². The molecule has 6 heteroatoms. The van der Waals surface area contributed by atoms with Gasteiger partial charge in [0.05, 0.1) is 16.9 Å². The smallest absolute Gasteiger partial charge is 0.258 e. The molecule has 0 unspecified atom stereocenters. The number of halogens is 1. The Morgan fingerprint density at radius 3 is 2.21 bits per heavy atom. The van der Waals surface area contributed by atoms with E-state index >= 15 is 0 Å². The number of hydrogen-bond acceptors (Lipinski definition) is 3. The molecular weight excluding hydrogens is 372 g/mol. The number of aromatic nitrogens is 2. The van der Waals surface area contributed by atoms with Gasteiger partial charge in [-0.1, -0.05) is 60.1 Å². The molecule has 1 amide bonds. The highest BCUT2D eigenvalue weighted by Crippen LogP contribution is 2.25. The average Bonchev–Trinajstić information content (AvgIpc) is 3.03. The summed E-state index contributed by atoms with van der Waals surface area (Å²) in [6, 6.07) is 20.1. The normalized spacial score (nSPS) is 15.0. The summed E-state index contributed by atoms with van der Waals surface area (Å²) in [5, 5.41) is 4.87. The maximum atomic E-state index is 13.1. The lowest BCUT2D eigenvalue weighted by atomic mass is 10.1. The topological polar surface area (TPSA) is 41.4 Å². The summed E-state index contributed by atoms with van der Waals surface area (Å²) in [5.41, 5.74) is 3.31. The highest BCUT2D eigenvalue weighted by atomic mass is 35.5. The molecule has 0 aliphatic carbocycles. The van der Waals surface area contributed by atoms with Gasteiger partial charge in [0.15, 0.2) is 0 Å². The SMILES string of the molecule is Cc1nn(-c2ccccc2)c(Cl)c1C(=O)N1CCN(Cc2ccccc2)CC1. The standard InChI is InChI=1S/C22H23ClN4O/c1-17-20(21(23)27(24-17)19-10-6-3-7-11-19)22(28)26-14-12-25(13-15-26)16-18-8-4-2-5-9-18/h2-11H,12-16H2,1H3. The third-order valence-corrected chi connectivity index (χ3v) is 5.48. The van der Waals surface area contributed by atoms with E-state index in [1.54, 1.807) is 4.68 Å². The Bertz CT molecular complexity index is 947. The molecule has 1 aliphatic heterocycles. The van der Waals surface area contributed by atoms with Crippen LogP contribution in [-0.4, -0.2) is 51.7 Å². The van der Waals surface area contributed by atoms with Gasteiger partial charge in [-0.3, -0.25) is 9.69 Å². The largest absolute Gasteiger partial charge is 0.336 e. The number of carbonyl (C=O) groups is 1. The Hall–Kier alpha value is -2.63. The van der Waals surface area contributed by atoms with Gasteiger partial charge < -0.3 is 4.90 Å². The molecular formula is C22H23ClN4O. The van der Waals surface area contributed by atoms with E-state index in [0.29, 0.717) is 29.5 Å². The van der Waals surface area contributed by atoms with Gasteiger partial charge >= 0.3 is 0 Å². The number of aryl methyl sites for hydroxylation is 1. The third kappa shape index (κ3) is 3.81. The molecule has 1 aromatic heterocycles. The van der Waals surface area contributed by atoms with Crippen LogP contribution in [0.25, 0.3) is 5.69 Å². The van der Waals surface area contributed by atoms with Crippen LogP contribution in [0.2, 0.25) is 5.15 Å². The molecule has 0 atom stereocenters. The van der Waals surface area contributed by atoms with Gasteiger partial charge in [-0.2, -0.15) is 5.10 Å². The quantitative estimate of drug-likeness (QED) is 0.676. The molecule has 0 bridgehead atoms. The minimum atomic E-state index is -0.0379. The number of rotatable bonds is 4. The first-order chi connectivity index (χ1) is 13.6. The van der Waals surface area contributed by atoms with Crippen molar-refractivity contribution in [2.24, 2.45) is 0 Å². The zero-order valence-electron chi connectivity index (χ0n) is 15.9. The number of amides is 1. The van der Waals surface area contributed by atoms with Crippen LogP contribution in [0.4, 0.5) is 0 Å². The number of piperazine rings is 1. The summed E-state index contributed by atoms with van der Waals surface area (Å²) < 4.78 is 1.63. The first-order valence-corrected chi connectivity index (χ1v) is 9.87. The Kier molecular flexibility index (Phi) is 5.46. The molecule has 0 saturated carbocycles. The van der Waals surface area contributed by atoms with Crippen LogP contribution < -0.4 is 0 Å². The van der Waals surface area contributed by atoms with Crippen LogP contribution >= 0.6 is 11.6 Å². The predicted molar refractivity (Wildman–Crippen MR) is 111 cm³/mol. The summed E-state index contributed by atoms with van der Waals surface area (Å²) in [7, 11) is 0. The van der Waals surface area contributed by atoms with Crippen molar-refractivity contribution in [3.8, 4) is 5.69 Å². The minimum absolute atomic E-state index is 0.0379. The third-order valence-electron chi connectivity index (χ3n) is 5.13. The second kappa shape index (κ2) is 8.17. The lowest BCUT2D eigenvalue weighted by molar-refractivity contribution is 0.0628. The highest BCUT2D eigenvalue weighted by molar-refractivity contribution is 6.33. The number of hydrogen-bond donors (Lipinski definition) is 0. The van der Waals surface area contributed by atoms with Crippen molar-refractivity contribution < 1.29 is 4.79 Å². The lowest BCUT2D eigenvalue weighted by Crippen LogP contribution is -2.48. The zero-order valence-corrected chi connectivity index (χ0v) is 16.6. The molecule has 2 heterocycles. The fourth-order valence-corrected chi connectivity index (χ4v) is 3.94. The summed E-state index contributed by atoms with van der Waals surface area (Å²) >= 11 is 6.56. The van der Waals surface area contributed by atoms with E-state index < -0.39 is 0 Å². The molecule has 1 fully saturated rings. The van der Waals surface area contributed by atoms with Crippen LogP contribution in [0, 0.1) is 6.92 Å². The fourth-order valence-electron chi connectivity index (χ4n) is 3.59. The van der Waals surface area contributed by atoms with Crippen molar-refractivity contribution in [1.82, 2.24) is 19.6 Å². The molecule has 1 saturated heterocycles. The molecule has 28 heavy (non-hydrogen) atoms. The summed E-state index contributed by atoms with van der Waals surface area (Å²) in [5.74, 6) is -0.0379. The van der Waals surface area contributed by atoms with Crippen molar-refractivity contribution in [2.45, 2.75) is 13.5 Å². The van der Waals surface area contributed by atoms with Crippen molar-refractivity contribution in [1.29, 1.82) is 0 Å². The summed E-state index contributed by atoms with van der Waals surface area (Å²) in [4.78, 5) is 17.4. The molecule has 0 radical (unpaired) electrons. The Morgan fingerprint density at radius 1 is 0.964 bits per heavy atom. The molecule has 1 aliphatic rings. The maximum absolute atomic E-state index is 13.1. The molecule has 0 N–H and O–H groups in total. The molecule has 4 rings (SSSR count). The summed E-state index contributed by atoms with van der Waals surface area (Å²) in [6.45, 7) is 5.84. The van der Waals surface area contributed by atoms with Crippen molar-refractivity contribution in [3.05, 3.63) is 82.6 Å². The number of benzene rings is 2. The van der Waals surface area contributed by atoms with Gasteiger partial charge in [0.1, 0.15) is 5.15 Å². The van der Waals surface area contributed by atoms with E-state index in [1.165, 1.54) is 5.56 Å². The molecule has 144 valence electrons. The average molecular weight is 395 g/mol. The predicted octanol–water partition coefficient (Wildman–Crippen LogP) is 3.79. The molecule has 3 aromatic rings. The Morgan fingerprint density at radius 2 is 1.57 bits per heavy atom. The van der Waals surface area contributed by atoms with E-state index in [0.717, 1.165) is 25.3 Å². The molecule has 2 aromatic carbocycles. The van der Waals surface area contributed by atoms with Crippen LogP contribution in [0.3, 0.4) is 0 Å². The maximum Gasteiger partial charge on any atom is 0.258 e. The van der Waals surface area contributed by atoms with E-state index in [-0.39, 0.29) is 5.91 Å². The van der Waals surface area contributed by atoms with E-state index in [4.69, 9.17) is 11.6 Å². The number of para-hydroxylation sites is 1. The van der Waals surface area contributed by atoms with Crippen LogP contribution in [-0.2, 0) is 6.54 Å². The van der Waals surface area contributed by atoms with Crippen LogP contribution in [0.15, 0.2) is 60.7 Å². The molecule has 0 spiro atoms. The first-order valence-electron chi connectivity index (χ1n) is 9.49. The highest BCUT2D eigenvalue weighted by Gasteiger charge is 2.28. The van der Waals surface area contributed by atoms with Crippen molar-refractivity contribution >= 4 is 17.5 Å². The Balaban J connectivity index is 1.45. The zero-order chi connectivity index (χ0) is 19.5. The van der Waals surface area contributed by atoms with E-state index in [2.05, 4.69) is 34.3 Å². The van der Waals surface area contributed by atoms with Crippen molar-refractivity contribution in [3.63, 3.8) is 0 Å². The van der Waals surface area contributed by atoms with E-state index in [1.807, 2.05) is 48.2 Å². The summed E-state index contributed by atoms with van der Waals surface area (Å²) in [6.07, 6.45) is 0. The van der Waals surface area contributed by atoms with Gasteiger partial charge in [-0.15, -0.1) is 0 Å². The fraction of sp³-hybridized carbons (Fsp3) is 0.273. The van der Waals surface area contributed by atoms with E-state index in [9.17, 15) is 4.79 Å². The lowest BCUT2D eigenvalue weighted by Gasteiger charge is -2.34. The van der Waals surface area contributed by atoms with Crippen molar-refractivity contribution in [2.75, 3.05) is 26.2 Å². The van der Waals surface area contributed by atoms with Gasteiger partial charge in [0, 0.05) is 32.7 Å². The van der Waals surface area contributed by atoms with Crippen LogP contribution in [0.1, 0.15) is 21.6 Å². The minimum Gasteiger partial charge on any atom is -0.336 e. The second-order valence-electron chi connectivity index (χ2n) is 7.05. The molecule has 5 nitrogen and oxygen atoms in total. The van der Waals surface area contributed by atoms with Gasteiger partial charge in [-0.05, 0) is 24.6 Å². The second-order valence-corrected chi connectivity index (χ2v) is 7.41. The monoisotopic (exact) mass is 394 g/mol.